The third kappa shape index (κ3) is 8.48. The molecule has 1 unspecified atom stereocenters. The number of hydrogen-bond acceptors (Lipinski definition) is 5. The fourth-order valence-electron chi connectivity index (χ4n) is 5.82. The summed E-state index contributed by atoms with van der Waals surface area (Å²) in [5.74, 6) is 0.348. The molecular formula is C37H40N2O4. The molecule has 0 spiro atoms. The number of benzene rings is 4. The first-order valence-electron chi connectivity index (χ1n) is 15.3. The van der Waals surface area contributed by atoms with E-state index in [2.05, 4.69) is 34.5 Å². The van der Waals surface area contributed by atoms with Crippen LogP contribution in [0.5, 0.6) is 5.75 Å². The first-order valence-corrected chi connectivity index (χ1v) is 15.3. The first kappa shape index (κ1) is 29.9. The van der Waals surface area contributed by atoms with Crippen molar-refractivity contribution in [2.75, 3.05) is 29.9 Å². The number of carboxylic acids is 1. The average Bonchev–Trinajstić information content (AvgIpc) is 3.06. The van der Waals surface area contributed by atoms with E-state index in [4.69, 9.17) is 4.74 Å². The molecule has 0 radical (unpaired) electrons. The number of rotatable bonds is 14. The molecule has 2 N–H and O–H groups in total. The van der Waals surface area contributed by atoms with Gasteiger partial charge in [0.2, 0.25) is 0 Å². The fourth-order valence-corrected chi connectivity index (χ4v) is 5.82. The van der Waals surface area contributed by atoms with Crippen LogP contribution in [0.25, 0.3) is 0 Å². The van der Waals surface area contributed by atoms with Crippen LogP contribution in [-0.4, -0.2) is 42.6 Å². The molecule has 0 heterocycles. The van der Waals surface area contributed by atoms with Gasteiger partial charge in [0, 0.05) is 35.5 Å². The number of nitrogens with zero attached hydrogens (tertiary/aromatic N) is 1. The predicted molar refractivity (Wildman–Crippen MR) is 172 cm³/mol. The van der Waals surface area contributed by atoms with Crippen LogP contribution in [0, 0.1) is 5.92 Å². The highest BCUT2D eigenvalue weighted by Crippen LogP contribution is 2.27. The maximum Gasteiger partial charge on any atom is 0.326 e. The number of ether oxygens (including phenoxy) is 1. The molecule has 6 heteroatoms. The van der Waals surface area contributed by atoms with E-state index < -0.39 is 12.0 Å². The van der Waals surface area contributed by atoms with E-state index in [0.717, 1.165) is 30.3 Å². The molecule has 43 heavy (non-hydrogen) atoms. The lowest BCUT2D eigenvalue weighted by atomic mass is 9.89. The van der Waals surface area contributed by atoms with Gasteiger partial charge in [-0.15, -0.1) is 0 Å². The molecule has 0 aromatic heterocycles. The van der Waals surface area contributed by atoms with Gasteiger partial charge in [-0.25, -0.2) is 4.79 Å². The number of carbonyl (C=O) groups is 2. The first-order chi connectivity index (χ1) is 21.1. The Labute approximate surface area is 254 Å². The molecule has 1 saturated carbocycles. The van der Waals surface area contributed by atoms with Gasteiger partial charge >= 0.3 is 5.97 Å². The number of carbonyl (C=O) groups excluding carboxylic acids is 1. The Morgan fingerprint density at radius 3 is 2.16 bits per heavy atom. The fraction of sp³-hybridized carbons (Fsp3) is 0.297. The number of anilines is 2. The van der Waals surface area contributed by atoms with E-state index in [9.17, 15) is 14.7 Å². The topological polar surface area (TPSA) is 78.9 Å². The lowest BCUT2D eigenvalue weighted by Gasteiger charge is -2.31. The molecule has 4 aromatic carbocycles. The van der Waals surface area contributed by atoms with Crippen molar-refractivity contribution < 1.29 is 19.4 Å². The molecular weight excluding hydrogens is 536 g/mol. The molecule has 5 rings (SSSR count). The smallest absolute Gasteiger partial charge is 0.326 e. The minimum Gasteiger partial charge on any atom is -0.492 e. The maximum absolute atomic E-state index is 13.1. The maximum atomic E-state index is 13.1. The average molecular weight is 577 g/mol. The minimum atomic E-state index is -0.985. The molecule has 1 fully saturated rings. The molecule has 0 aliphatic heterocycles. The lowest BCUT2D eigenvalue weighted by Crippen LogP contribution is -2.34. The van der Waals surface area contributed by atoms with Crippen LogP contribution in [0.1, 0.15) is 53.6 Å². The van der Waals surface area contributed by atoms with Crippen LogP contribution in [-0.2, 0) is 11.2 Å². The molecule has 1 aliphatic rings. The van der Waals surface area contributed by atoms with Crippen molar-refractivity contribution in [2.45, 2.75) is 44.6 Å². The van der Waals surface area contributed by atoms with Gasteiger partial charge in [-0.3, -0.25) is 4.79 Å². The van der Waals surface area contributed by atoms with Gasteiger partial charge in [0.25, 0.3) is 0 Å². The van der Waals surface area contributed by atoms with Gasteiger partial charge in [0.05, 0.1) is 6.54 Å². The van der Waals surface area contributed by atoms with Gasteiger partial charge in [0.1, 0.15) is 18.4 Å². The lowest BCUT2D eigenvalue weighted by molar-refractivity contribution is -0.137. The van der Waals surface area contributed by atoms with Gasteiger partial charge in [-0.1, -0.05) is 92.1 Å². The Hall–Kier alpha value is -4.58. The van der Waals surface area contributed by atoms with Gasteiger partial charge in [-0.05, 0) is 60.7 Å². The van der Waals surface area contributed by atoms with Crippen LogP contribution >= 0.6 is 0 Å². The SMILES string of the molecule is O=C(c1ccccc1)c1ccccc1NC(Cc1ccc(OCCN(CC2CCCCC2)c2ccccc2)cc1)C(=O)O. The normalized spacial score (nSPS) is 14.0. The Morgan fingerprint density at radius 2 is 1.47 bits per heavy atom. The standard InChI is InChI=1S/C37H40N2O4/c40-36(30-14-6-2-7-15-30)33-18-10-11-19-34(33)38-35(37(41)42)26-28-20-22-32(23-21-28)43-25-24-39(31-16-8-3-9-17-31)27-29-12-4-1-5-13-29/h2-3,6-11,14-23,29,35,38H,1,4-5,12-13,24-27H2,(H,41,42). The largest absolute Gasteiger partial charge is 0.492 e. The molecule has 0 saturated heterocycles. The second-order valence-corrected chi connectivity index (χ2v) is 11.3. The van der Waals surface area contributed by atoms with Crippen molar-refractivity contribution in [3.8, 4) is 5.75 Å². The Bertz CT molecular complexity index is 1450. The summed E-state index contributed by atoms with van der Waals surface area (Å²) in [7, 11) is 0. The molecule has 1 aliphatic carbocycles. The molecule has 6 nitrogen and oxygen atoms in total. The summed E-state index contributed by atoms with van der Waals surface area (Å²) in [6.07, 6.45) is 6.86. The van der Waals surface area contributed by atoms with Crippen molar-refractivity contribution in [3.63, 3.8) is 0 Å². The number of carboxylic acid groups (broad SMARTS) is 1. The number of nitrogens with one attached hydrogen (secondary N) is 1. The number of para-hydroxylation sites is 2. The van der Waals surface area contributed by atoms with Crippen LogP contribution in [0.15, 0.2) is 109 Å². The van der Waals surface area contributed by atoms with Gasteiger partial charge in [0.15, 0.2) is 5.78 Å². The van der Waals surface area contributed by atoms with E-state index in [1.54, 1.807) is 36.4 Å². The molecule has 0 bridgehead atoms. The van der Waals surface area contributed by atoms with E-state index in [1.807, 2.05) is 48.5 Å². The quantitative estimate of drug-likeness (QED) is 0.151. The van der Waals surface area contributed by atoms with Crippen LogP contribution in [0.2, 0.25) is 0 Å². The number of hydrogen-bond donors (Lipinski definition) is 2. The summed E-state index contributed by atoms with van der Waals surface area (Å²) in [4.78, 5) is 27.8. The van der Waals surface area contributed by atoms with E-state index >= 15 is 0 Å². The number of aliphatic carboxylic acids is 1. The van der Waals surface area contributed by atoms with Gasteiger partial charge < -0.3 is 20.1 Å². The highest BCUT2D eigenvalue weighted by Gasteiger charge is 2.22. The zero-order valence-corrected chi connectivity index (χ0v) is 24.5. The zero-order valence-electron chi connectivity index (χ0n) is 24.5. The van der Waals surface area contributed by atoms with Crippen molar-refractivity contribution in [2.24, 2.45) is 5.92 Å². The van der Waals surface area contributed by atoms with Crippen molar-refractivity contribution in [1.82, 2.24) is 0 Å². The Morgan fingerprint density at radius 1 is 0.814 bits per heavy atom. The third-order valence-electron chi connectivity index (χ3n) is 8.15. The third-order valence-corrected chi connectivity index (χ3v) is 8.15. The molecule has 4 aromatic rings. The molecule has 222 valence electrons. The minimum absolute atomic E-state index is 0.154. The predicted octanol–water partition coefficient (Wildman–Crippen LogP) is 7.49. The van der Waals surface area contributed by atoms with E-state index in [0.29, 0.717) is 23.4 Å². The highest BCUT2D eigenvalue weighted by molar-refractivity contribution is 6.12. The summed E-state index contributed by atoms with van der Waals surface area (Å²) in [5, 5.41) is 13.1. The summed E-state index contributed by atoms with van der Waals surface area (Å²) >= 11 is 0. The molecule has 1 atom stereocenters. The Kier molecular flexibility index (Phi) is 10.5. The number of ketones is 1. The second kappa shape index (κ2) is 15.1. The van der Waals surface area contributed by atoms with Crippen LogP contribution < -0.4 is 15.0 Å². The summed E-state index contributed by atoms with van der Waals surface area (Å²) in [6.45, 7) is 2.41. The summed E-state index contributed by atoms with van der Waals surface area (Å²) in [5.41, 5.74) is 3.59. The van der Waals surface area contributed by atoms with Crippen molar-refractivity contribution >= 4 is 23.1 Å². The Balaban J connectivity index is 1.18. The van der Waals surface area contributed by atoms with E-state index in [-0.39, 0.29) is 12.2 Å². The summed E-state index contributed by atoms with van der Waals surface area (Å²) < 4.78 is 6.12. The van der Waals surface area contributed by atoms with Crippen LogP contribution in [0.3, 0.4) is 0 Å². The van der Waals surface area contributed by atoms with E-state index in [1.165, 1.54) is 37.8 Å². The van der Waals surface area contributed by atoms with Crippen LogP contribution in [0.4, 0.5) is 11.4 Å². The van der Waals surface area contributed by atoms with Gasteiger partial charge in [-0.2, -0.15) is 0 Å². The highest BCUT2D eigenvalue weighted by atomic mass is 16.5. The van der Waals surface area contributed by atoms with Crippen molar-refractivity contribution in [1.29, 1.82) is 0 Å². The molecule has 0 amide bonds. The zero-order chi connectivity index (χ0) is 29.9. The summed E-state index contributed by atoms with van der Waals surface area (Å²) in [6, 6.07) is 33.3. The second-order valence-electron chi connectivity index (χ2n) is 11.3. The van der Waals surface area contributed by atoms with Crippen molar-refractivity contribution in [3.05, 3.63) is 126 Å². The monoisotopic (exact) mass is 576 g/mol.